The molecule has 0 amide bonds. The maximum absolute atomic E-state index is 13.4. The van der Waals surface area contributed by atoms with Crippen LogP contribution in [0.15, 0.2) is 36.4 Å². The van der Waals surface area contributed by atoms with E-state index in [-0.39, 0.29) is 18.2 Å². The third kappa shape index (κ3) is 3.37. The van der Waals surface area contributed by atoms with Gasteiger partial charge in [0.25, 0.3) is 0 Å². The van der Waals surface area contributed by atoms with E-state index in [1.807, 2.05) is 0 Å². The minimum absolute atomic E-state index is 0.0143. The molecule has 0 aliphatic heterocycles. The smallest absolute Gasteiger partial charge is 0.384 e. The number of nitrogens with zero attached hydrogens (tertiary/aromatic N) is 1. The van der Waals surface area contributed by atoms with E-state index in [1.54, 1.807) is 6.07 Å². The van der Waals surface area contributed by atoms with E-state index in [9.17, 15) is 17.6 Å². The molecule has 1 aromatic heterocycles. The summed E-state index contributed by atoms with van der Waals surface area (Å²) >= 11 is 0. The highest BCUT2D eigenvalue weighted by Crippen LogP contribution is 2.31. The first-order chi connectivity index (χ1) is 9.36. The second kappa shape index (κ2) is 5.36. The van der Waals surface area contributed by atoms with Gasteiger partial charge in [-0.1, -0.05) is 18.2 Å². The molecule has 1 aromatic carbocycles. The Balaban J connectivity index is 2.18. The van der Waals surface area contributed by atoms with Gasteiger partial charge in [0.2, 0.25) is 0 Å². The first-order valence-electron chi connectivity index (χ1n) is 5.68. The lowest BCUT2D eigenvalue weighted by molar-refractivity contribution is -0.137. The standard InChI is InChI=1S/C13H11F4N3/c14-10-4-2-1-3-8(10)7-19-12-6-9(13(15,16)17)5-11(18)20-12/h1-6H,7H2,(H3,18,19,20). The zero-order valence-electron chi connectivity index (χ0n) is 10.2. The predicted molar refractivity (Wildman–Crippen MR) is 67.4 cm³/mol. The Hall–Kier alpha value is -2.31. The number of rotatable bonds is 3. The topological polar surface area (TPSA) is 50.9 Å². The van der Waals surface area contributed by atoms with E-state index < -0.39 is 17.6 Å². The molecule has 0 spiro atoms. The molecule has 2 aromatic rings. The number of pyridine rings is 1. The Morgan fingerprint density at radius 3 is 2.50 bits per heavy atom. The fourth-order valence-corrected chi connectivity index (χ4v) is 1.63. The van der Waals surface area contributed by atoms with Crippen molar-refractivity contribution in [3.63, 3.8) is 0 Å². The van der Waals surface area contributed by atoms with Crippen LogP contribution in [0.1, 0.15) is 11.1 Å². The number of alkyl halides is 3. The second-order valence-corrected chi connectivity index (χ2v) is 4.11. The largest absolute Gasteiger partial charge is 0.416 e. The summed E-state index contributed by atoms with van der Waals surface area (Å²) in [6.07, 6.45) is -4.51. The van der Waals surface area contributed by atoms with Gasteiger partial charge in [-0.15, -0.1) is 0 Å². The van der Waals surface area contributed by atoms with Crippen LogP contribution in [-0.2, 0) is 12.7 Å². The van der Waals surface area contributed by atoms with Crippen molar-refractivity contribution in [1.82, 2.24) is 4.98 Å². The zero-order chi connectivity index (χ0) is 14.8. The number of aromatic nitrogens is 1. The van der Waals surface area contributed by atoms with Gasteiger partial charge in [-0.3, -0.25) is 0 Å². The number of anilines is 2. The lowest BCUT2D eigenvalue weighted by atomic mass is 10.2. The Morgan fingerprint density at radius 2 is 1.85 bits per heavy atom. The van der Waals surface area contributed by atoms with Crippen LogP contribution in [0.3, 0.4) is 0 Å². The van der Waals surface area contributed by atoms with Gasteiger partial charge in [0.1, 0.15) is 17.5 Å². The van der Waals surface area contributed by atoms with Crippen LogP contribution in [0.5, 0.6) is 0 Å². The lowest BCUT2D eigenvalue weighted by Gasteiger charge is -2.11. The molecule has 0 aliphatic rings. The molecule has 0 aliphatic carbocycles. The maximum atomic E-state index is 13.4. The van der Waals surface area contributed by atoms with E-state index in [0.29, 0.717) is 5.56 Å². The van der Waals surface area contributed by atoms with Gasteiger partial charge in [0.05, 0.1) is 5.56 Å². The van der Waals surface area contributed by atoms with Gasteiger partial charge in [-0.2, -0.15) is 13.2 Å². The molecule has 7 heteroatoms. The average molecular weight is 285 g/mol. The van der Waals surface area contributed by atoms with Crippen molar-refractivity contribution in [2.24, 2.45) is 0 Å². The molecule has 0 atom stereocenters. The molecule has 2 rings (SSSR count). The lowest BCUT2D eigenvalue weighted by Crippen LogP contribution is -2.10. The number of nitrogens with two attached hydrogens (primary N) is 1. The number of halogens is 4. The Labute approximate surface area is 112 Å². The zero-order valence-corrected chi connectivity index (χ0v) is 10.2. The summed E-state index contributed by atoms with van der Waals surface area (Å²) in [5.41, 5.74) is 4.75. The molecular formula is C13H11F4N3. The van der Waals surface area contributed by atoms with E-state index in [4.69, 9.17) is 5.73 Å². The molecule has 0 fully saturated rings. The number of hydrogen-bond acceptors (Lipinski definition) is 3. The molecule has 0 bridgehead atoms. The summed E-state index contributed by atoms with van der Waals surface area (Å²) in [6, 6.07) is 7.53. The van der Waals surface area contributed by atoms with Crippen LogP contribution in [0, 0.1) is 5.82 Å². The highest BCUT2D eigenvalue weighted by molar-refractivity contribution is 5.47. The monoisotopic (exact) mass is 285 g/mol. The van der Waals surface area contributed by atoms with Crippen molar-refractivity contribution >= 4 is 11.6 Å². The van der Waals surface area contributed by atoms with Crippen molar-refractivity contribution < 1.29 is 17.6 Å². The van der Waals surface area contributed by atoms with Crippen LogP contribution in [-0.4, -0.2) is 4.98 Å². The van der Waals surface area contributed by atoms with Crippen molar-refractivity contribution in [3.05, 3.63) is 53.3 Å². The summed E-state index contributed by atoms with van der Waals surface area (Å²) in [4.78, 5) is 3.74. The van der Waals surface area contributed by atoms with Gasteiger partial charge < -0.3 is 11.1 Å². The Morgan fingerprint density at radius 1 is 1.15 bits per heavy atom. The van der Waals surface area contributed by atoms with Gasteiger partial charge in [0, 0.05) is 12.1 Å². The van der Waals surface area contributed by atoms with Crippen molar-refractivity contribution in [3.8, 4) is 0 Å². The predicted octanol–water partition coefficient (Wildman–Crippen LogP) is 3.43. The Kier molecular flexibility index (Phi) is 3.78. The molecule has 0 unspecified atom stereocenters. The molecule has 3 N–H and O–H groups in total. The average Bonchev–Trinajstić information content (AvgIpc) is 2.36. The van der Waals surface area contributed by atoms with Crippen molar-refractivity contribution in [2.75, 3.05) is 11.1 Å². The first kappa shape index (κ1) is 14.1. The molecule has 20 heavy (non-hydrogen) atoms. The molecular weight excluding hydrogens is 274 g/mol. The van der Waals surface area contributed by atoms with Gasteiger partial charge >= 0.3 is 6.18 Å². The number of nitrogen functional groups attached to an aromatic ring is 1. The summed E-state index contributed by atoms with van der Waals surface area (Å²) in [6.45, 7) is 0.0143. The van der Waals surface area contributed by atoms with Crippen LogP contribution >= 0.6 is 0 Å². The molecule has 1 heterocycles. The van der Waals surface area contributed by atoms with Gasteiger partial charge in [0.15, 0.2) is 0 Å². The van der Waals surface area contributed by atoms with Gasteiger partial charge in [-0.25, -0.2) is 9.37 Å². The summed E-state index contributed by atoms with van der Waals surface area (Å²) < 4.78 is 51.2. The first-order valence-corrected chi connectivity index (χ1v) is 5.68. The fourth-order valence-electron chi connectivity index (χ4n) is 1.63. The fraction of sp³-hybridized carbons (Fsp3) is 0.154. The molecule has 0 saturated carbocycles. The second-order valence-electron chi connectivity index (χ2n) is 4.11. The summed E-state index contributed by atoms with van der Waals surface area (Å²) in [5.74, 6) is -0.753. The van der Waals surface area contributed by atoms with E-state index in [0.717, 1.165) is 12.1 Å². The maximum Gasteiger partial charge on any atom is 0.416 e. The van der Waals surface area contributed by atoms with Crippen molar-refractivity contribution in [2.45, 2.75) is 12.7 Å². The van der Waals surface area contributed by atoms with E-state index in [2.05, 4.69) is 10.3 Å². The summed E-state index contributed by atoms with van der Waals surface area (Å²) in [5, 5.41) is 2.62. The molecule has 0 radical (unpaired) electrons. The number of hydrogen-bond donors (Lipinski definition) is 2. The third-order valence-electron chi connectivity index (χ3n) is 2.59. The van der Waals surface area contributed by atoms with Crippen LogP contribution < -0.4 is 11.1 Å². The van der Waals surface area contributed by atoms with Crippen molar-refractivity contribution in [1.29, 1.82) is 0 Å². The number of nitrogens with one attached hydrogen (secondary N) is 1. The highest BCUT2D eigenvalue weighted by atomic mass is 19.4. The molecule has 3 nitrogen and oxygen atoms in total. The van der Waals surface area contributed by atoms with Crippen LogP contribution in [0.25, 0.3) is 0 Å². The highest BCUT2D eigenvalue weighted by Gasteiger charge is 2.31. The van der Waals surface area contributed by atoms with E-state index >= 15 is 0 Å². The van der Waals surface area contributed by atoms with Crippen LogP contribution in [0.2, 0.25) is 0 Å². The molecule has 106 valence electrons. The SMILES string of the molecule is Nc1cc(C(F)(F)F)cc(NCc2ccccc2F)n1. The minimum atomic E-state index is -4.51. The van der Waals surface area contributed by atoms with Crippen LogP contribution in [0.4, 0.5) is 29.2 Å². The Bertz CT molecular complexity index is 611. The number of benzene rings is 1. The normalized spacial score (nSPS) is 11.4. The van der Waals surface area contributed by atoms with Gasteiger partial charge in [-0.05, 0) is 18.2 Å². The quantitative estimate of drug-likeness (QED) is 0.849. The minimum Gasteiger partial charge on any atom is -0.384 e. The third-order valence-corrected chi connectivity index (χ3v) is 2.59. The van der Waals surface area contributed by atoms with E-state index in [1.165, 1.54) is 18.2 Å². The summed E-state index contributed by atoms with van der Waals surface area (Å²) in [7, 11) is 0. The molecule has 0 saturated heterocycles.